The van der Waals surface area contributed by atoms with Gasteiger partial charge < -0.3 is 9.64 Å². The van der Waals surface area contributed by atoms with Gasteiger partial charge in [-0.05, 0) is 63.3 Å². The Hall–Kier alpha value is -2.24. The summed E-state index contributed by atoms with van der Waals surface area (Å²) >= 11 is 7.71. The van der Waals surface area contributed by atoms with Crippen LogP contribution in [0.3, 0.4) is 0 Å². The van der Waals surface area contributed by atoms with Crippen molar-refractivity contribution in [3.63, 3.8) is 0 Å². The van der Waals surface area contributed by atoms with Crippen molar-refractivity contribution >= 4 is 54.2 Å². The van der Waals surface area contributed by atoms with Crippen LogP contribution in [-0.2, 0) is 10.0 Å². The van der Waals surface area contributed by atoms with Gasteiger partial charge in [0, 0.05) is 31.7 Å². The second kappa shape index (κ2) is 10.2. The van der Waals surface area contributed by atoms with Crippen LogP contribution in [0.2, 0.25) is 5.02 Å². The molecule has 1 aliphatic rings. The number of thiazole rings is 1. The number of rotatable bonds is 8. The maximum atomic E-state index is 13.5. The van der Waals surface area contributed by atoms with E-state index < -0.39 is 10.0 Å². The lowest BCUT2D eigenvalue weighted by Gasteiger charge is -2.22. The van der Waals surface area contributed by atoms with Gasteiger partial charge in [-0.1, -0.05) is 22.9 Å². The number of aromatic nitrogens is 1. The number of anilines is 1. The van der Waals surface area contributed by atoms with Gasteiger partial charge in [0.2, 0.25) is 10.0 Å². The van der Waals surface area contributed by atoms with Gasteiger partial charge in [-0.25, -0.2) is 13.4 Å². The van der Waals surface area contributed by atoms with E-state index >= 15 is 0 Å². The number of amides is 1. The number of likely N-dealkylation sites (N-methyl/N-ethyl adjacent to an activating group) is 1. The van der Waals surface area contributed by atoms with E-state index in [4.69, 9.17) is 16.3 Å². The summed E-state index contributed by atoms with van der Waals surface area (Å²) in [6, 6.07) is 9.63. The lowest BCUT2D eigenvalue weighted by atomic mass is 10.2. The maximum Gasteiger partial charge on any atom is 0.260 e. The van der Waals surface area contributed by atoms with Crippen LogP contribution < -0.4 is 9.64 Å². The van der Waals surface area contributed by atoms with E-state index in [1.807, 2.05) is 19.0 Å². The molecule has 11 heteroatoms. The van der Waals surface area contributed by atoms with Gasteiger partial charge in [0.25, 0.3) is 5.91 Å². The number of hydrogen-bond donors (Lipinski definition) is 0. The fraction of sp³-hybridized carbons (Fsp3) is 0.391. The summed E-state index contributed by atoms with van der Waals surface area (Å²) in [4.78, 5) is 22.0. The van der Waals surface area contributed by atoms with Gasteiger partial charge in [0.1, 0.15) is 11.3 Å². The van der Waals surface area contributed by atoms with Crippen LogP contribution in [0.25, 0.3) is 10.2 Å². The first kappa shape index (κ1) is 24.9. The summed E-state index contributed by atoms with van der Waals surface area (Å²) in [6.07, 6.45) is 1.74. The van der Waals surface area contributed by atoms with Crippen molar-refractivity contribution in [3.8, 4) is 5.75 Å². The highest BCUT2D eigenvalue weighted by molar-refractivity contribution is 7.89. The Bertz CT molecular complexity index is 1290. The quantitative estimate of drug-likeness (QED) is 0.445. The molecule has 1 fully saturated rings. The van der Waals surface area contributed by atoms with Crippen molar-refractivity contribution in [1.82, 2.24) is 14.2 Å². The van der Waals surface area contributed by atoms with E-state index in [2.05, 4.69) is 4.98 Å². The minimum Gasteiger partial charge on any atom is -0.494 e. The first-order chi connectivity index (χ1) is 16.2. The van der Waals surface area contributed by atoms with Gasteiger partial charge in [-0.15, -0.1) is 0 Å². The van der Waals surface area contributed by atoms with Crippen molar-refractivity contribution in [3.05, 3.63) is 47.0 Å². The Morgan fingerprint density at radius 1 is 1.12 bits per heavy atom. The number of sulfonamides is 1. The lowest BCUT2D eigenvalue weighted by molar-refractivity contribution is 0.0985. The summed E-state index contributed by atoms with van der Waals surface area (Å²) in [5, 5.41) is 1.04. The molecule has 1 amide bonds. The molecule has 2 heterocycles. The number of halogens is 1. The number of carbonyl (C=O) groups excluding carboxylic acids is 1. The molecule has 0 aliphatic carbocycles. The van der Waals surface area contributed by atoms with E-state index in [1.165, 1.54) is 27.8 Å². The summed E-state index contributed by atoms with van der Waals surface area (Å²) in [7, 11) is 1.88. The zero-order valence-electron chi connectivity index (χ0n) is 19.3. The van der Waals surface area contributed by atoms with E-state index in [0.29, 0.717) is 53.2 Å². The standard InChI is InChI=1S/C23H27ClN4O4S2/c1-26(2)14-15-28(23-25-20-19(32-3)11-10-18(24)21(20)33-23)22(29)16-6-8-17(9-7-16)34(30,31)27-12-4-5-13-27/h6-11H,4-5,12-15H2,1-3H3. The SMILES string of the molecule is COc1ccc(Cl)c2sc(N(CCN(C)C)C(=O)c3ccc(S(=O)(=O)N4CCCC4)cc3)nc12. The average Bonchev–Trinajstić information content (AvgIpc) is 3.51. The fourth-order valence-electron chi connectivity index (χ4n) is 3.81. The van der Waals surface area contributed by atoms with E-state index in [1.54, 1.807) is 36.3 Å². The van der Waals surface area contributed by atoms with E-state index in [9.17, 15) is 13.2 Å². The van der Waals surface area contributed by atoms with E-state index in [0.717, 1.165) is 17.5 Å². The normalized spacial score (nSPS) is 14.7. The van der Waals surface area contributed by atoms with Crippen molar-refractivity contribution in [1.29, 1.82) is 0 Å². The van der Waals surface area contributed by atoms with Crippen molar-refractivity contribution in [2.45, 2.75) is 17.7 Å². The van der Waals surface area contributed by atoms with Crippen LogP contribution in [-0.4, -0.2) is 75.9 Å². The number of hydrogen-bond acceptors (Lipinski definition) is 7. The molecule has 3 aromatic rings. The lowest BCUT2D eigenvalue weighted by Crippen LogP contribution is -2.36. The van der Waals surface area contributed by atoms with Crippen LogP contribution in [0.1, 0.15) is 23.2 Å². The minimum atomic E-state index is -3.54. The molecule has 0 radical (unpaired) electrons. The molecule has 1 aliphatic heterocycles. The zero-order chi connectivity index (χ0) is 24.5. The monoisotopic (exact) mass is 522 g/mol. The highest BCUT2D eigenvalue weighted by Gasteiger charge is 2.28. The Morgan fingerprint density at radius 3 is 2.41 bits per heavy atom. The summed E-state index contributed by atoms with van der Waals surface area (Å²) in [5.74, 6) is 0.319. The highest BCUT2D eigenvalue weighted by atomic mass is 35.5. The molecule has 0 N–H and O–H groups in total. The molecule has 0 atom stereocenters. The molecule has 8 nitrogen and oxygen atoms in total. The minimum absolute atomic E-state index is 0.197. The number of ether oxygens (including phenoxy) is 1. The molecule has 182 valence electrons. The number of benzene rings is 2. The van der Waals surface area contributed by atoms with E-state index in [-0.39, 0.29) is 10.8 Å². The van der Waals surface area contributed by atoms with Gasteiger partial charge in [-0.3, -0.25) is 9.69 Å². The smallest absolute Gasteiger partial charge is 0.260 e. The van der Waals surface area contributed by atoms with Crippen molar-refractivity contribution in [2.24, 2.45) is 0 Å². The number of fused-ring (bicyclic) bond motifs is 1. The fourth-order valence-corrected chi connectivity index (χ4v) is 6.61. The predicted octanol–water partition coefficient (Wildman–Crippen LogP) is 3.95. The molecule has 0 saturated carbocycles. The Kier molecular flexibility index (Phi) is 7.44. The predicted molar refractivity (Wildman–Crippen MR) is 136 cm³/mol. The second-order valence-electron chi connectivity index (χ2n) is 8.32. The Labute approximate surface area is 208 Å². The Balaban J connectivity index is 1.67. The van der Waals surface area contributed by atoms with Crippen LogP contribution in [0.4, 0.5) is 5.13 Å². The largest absolute Gasteiger partial charge is 0.494 e. The molecule has 1 aromatic heterocycles. The third kappa shape index (κ3) is 4.92. The van der Waals surface area contributed by atoms with Gasteiger partial charge in [0.15, 0.2) is 5.13 Å². The van der Waals surface area contributed by atoms with Crippen LogP contribution in [0, 0.1) is 0 Å². The summed E-state index contributed by atoms with van der Waals surface area (Å²) in [6.45, 7) is 2.09. The molecule has 2 aromatic carbocycles. The van der Waals surface area contributed by atoms with Gasteiger partial charge >= 0.3 is 0 Å². The first-order valence-electron chi connectivity index (χ1n) is 10.9. The number of nitrogens with zero attached hydrogens (tertiary/aromatic N) is 4. The average molecular weight is 523 g/mol. The molecular weight excluding hydrogens is 496 g/mol. The zero-order valence-corrected chi connectivity index (χ0v) is 21.7. The van der Waals surface area contributed by atoms with Crippen molar-refractivity contribution < 1.29 is 17.9 Å². The van der Waals surface area contributed by atoms with Crippen LogP contribution in [0.5, 0.6) is 5.75 Å². The molecule has 0 bridgehead atoms. The number of methoxy groups -OCH3 is 1. The topological polar surface area (TPSA) is 83.0 Å². The molecular formula is C23H27ClN4O4S2. The van der Waals surface area contributed by atoms with Gasteiger partial charge in [-0.2, -0.15) is 4.31 Å². The third-order valence-electron chi connectivity index (χ3n) is 5.72. The molecule has 0 spiro atoms. The summed E-state index contributed by atoms with van der Waals surface area (Å²) < 4.78 is 33.3. The molecule has 4 rings (SSSR count). The van der Waals surface area contributed by atoms with Crippen LogP contribution in [0.15, 0.2) is 41.3 Å². The first-order valence-corrected chi connectivity index (χ1v) is 13.6. The third-order valence-corrected chi connectivity index (χ3v) is 9.17. The van der Waals surface area contributed by atoms with Crippen molar-refractivity contribution in [2.75, 3.05) is 52.3 Å². The van der Waals surface area contributed by atoms with Crippen LogP contribution >= 0.6 is 22.9 Å². The Morgan fingerprint density at radius 2 is 1.79 bits per heavy atom. The maximum absolute atomic E-state index is 13.5. The summed E-state index contributed by atoms with van der Waals surface area (Å²) in [5.41, 5.74) is 0.987. The second-order valence-corrected chi connectivity index (χ2v) is 11.6. The molecule has 34 heavy (non-hydrogen) atoms. The van der Waals surface area contributed by atoms with Gasteiger partial charge in [0.05, 0.1) is 21.7 Å². The highest BCUT2D eigenvalue weighted by Crippen LogP contribution is 2.39. The molecule has 0 unspecified atom stereocenters. The molecule has 1 saturated heterocycles. The number of carbonyl (C=O) groups is 1.